The summed E-state index contributed by atoms with van der Waals surface area (Å²) in [7, 11) is 0. The minimum Gasteiger partial charge on any atom is -0.348 e. The lowest BCUT2D eigenvalue weighted by molar-refractivity contribution is 0.0951. The van der Waals surface area contributed by atoms with Gasteiger partial charge in [0.1, 0.15) is 0 Å². The molecule has 0 spiro atoms. The second-order valence-corrected chi connectivity index (χ2v) is 8.87. The molecule has 1 N–H and O–H groups in total. The highest BCUT2D eigenvalue weighted by Crippen LogP contribution is 2.15. The first-order valence-corrected chi connectivity index (χ1v) is 11.7. The molecule has 0 saturated carbocycles. The predicted molar refractivity (Wildman–Crippen MR) is 122 cm³/mol. The number of amides is 1. The quantitative estimate of drug-likeness (QED) is 0.732. The first-order chi connectivity index (χ1) is 14.8. The first-order valence-electron chi connectivity index (χ1n) is 11.7. The highest BCUT2D eigenvalue weighted by molar-refractivity contribution is 5.94. The summed E-state index contributed by atoms with van der Waals surface area (Å²) in [5.74, 6) is -0.00286. The van der Waals surface area contributed by atoms with E-state index in [0.717, 1.165) is 24.2 Å². The van der Waals surface area contributed by atoms with Gasteiger partial charge in [0, 0.05) is 25.2 Å². The van der Waals surface area contributed by atoms with E-state index in [1.165, 1.54) is 75.8 Å². The van der Waals surface area contributed by atoms with Crippen LogP contribution in [0.5, 0.6) is 0 Å². The Morgan fingerprint density at radius 2 is 1.07 bits per heavy atom. The molecule has 2 aromatic rings. The van der Waals surface area contributed by atoms with Crippen molar-refractivity contribution in [2.45, 2.75) is 58.2 Å². The zero-order chi connectivity index (χ0) is 20.6. The van der Waals surface area contributed by atoms with Crippen molar-refractivity contribution < 1.29 is 4.79 Å². The standard InChI is InChI=1S/C26H35N3O/c30-26(25-13-11-24(12-14-25)21-29-17-5-2-6-18-29)27-19-22-7-9-23(10-8-22)20-28-15-3-1-4-16-28/h7-14H,1-6,15-21H2,(H,27,30). The van der Waals surface area contributed by atoms with E-state index >= 15 is 0 Å². The fourth-order valence-corrected chi connectivity index (χ4v) is 4.56. The van der Waals surface area contributed by atoms with E-state index in [2.05, 4.69) is 51.5 Å². The van der Waals surface area contributed by atoms with Gasteiger partial charge < -0.3 is 5.32 Å². The van der Waals surface area contributed by atoms with Gasteiger partial charge in [0.2, 0.25) is 0 Å². The zero-order valence-electron chi connectivity index (χ0n) is 18.1. The van der Waals surface area contributed by atoms with Crippen molar-refractivity contribution in [2.24, 2.45) is 0 Å². The SMILES string of the molecule is O=C(NCc1ccc(CN2CCCCC2)cc1)c1ccc(CN2CCCCC2)cc1. The molecule has 2 aliphatic heterocycles. The summed E-state index contributed by atoms with van der Waals surface area (Å²) in [6.07, 6.45) is 7.99. The van der Waals surface area contributed by atoms with E-state index in [-0.39, 0.29) is 5.91 Å². The third kappa shape index (κ3) is 6.16. The lowest BCUT2D eigenvalue weighted by Crippen LogP contribution is -2.29. The Labute approximate surface area is 181 Å². The van der Waals surface area contributed by atoms with Crippen LogP contribution < -0.4 is 5.32 Å². The van der Waals surface area contributed by atoms with Gasteiger partial charge in [0.05, 0.1) is 0 Å². The van der Waals surface area contributed by atoms with Crippen LogP contribution in [0.3, 0.4) is 0 Å². The summed E-state index contributed by atoms with van der Waals surface area (Å²) in [4.78, 5) is 17.6. The lowest BCUT2D eigenvalue weighted by atomic mass is 10.1. The number of benzene rings is 2. The number of carbonyl (C=O) groups is 1. The maximum Gasteiger partial charge on any atom is 0.251 e. The van der Waals surface area contributed by atoms with Gasteiger partial charge in [-0.2, -0.15) is 0 Å². The number of hydrogen-bond acceptors (Lipinski definition) is 3. The second-order valence-electron chi connectivity index (χ2n) is 8.87. The Balaban J connectivity index is 1.23. The Hall–Kier alpha value is -2.17. The normalized spacial score (nSPS) is 18.3. The predicted octanol–water partition coefficient (Wildman–Crippen LogP) is 4.59. The van der Waals surface area contributed by atoms with Crippen molar-refractivity contribution in [2.75, 3.05) is 26.2 Å². The Bertz CT molecular complexity index is 788. The van der Waals surface area contributed by atoms with Gasteiger partial charge >= 0.3 is 0 Å². The van der Waals surface area contributed by atoms with E-state index in [1.54, 1.807) is 0 Å². The molecule has 2 saturated heterocycles. The van der Waals surface area contributed by atoms with E-state index in [4.69, 9.17) is 0 Å². The Morgan fingerprint density at radius 3 is 1.57 bits per heavy atom. The van der Waals surface area contributed by atoms with Crippen LogP contribution in [0.2, 0.25) is 0 Å². The molecule has 4 nitrogen and oxygen atoms in total. The number of nitrogens with zero attached hydrogens (tertiary/aromatic N) is 2. The van der Waals surface area contributed by atoms with E-state index < -0.39 is 0 Å². The highest BCUT2D eigenvalue weighted by Gasteiger charge is 2.12. The average Bonchev–Trinajstić information content (AvgIpc) is 2.80. The minimum atomic E-state index is -0.00286. The fraction of sp³-hybridized carbons (Fsp3) is 0.500. The van der Waals surface area contributed by atoms with Crippen molar-refractivity contribution in [1.29, 1.82) is 0 Å². The largest absolute Gasteiger partial charge is 0.348 e. The van der Waals surface area contributed by atoms with Crippen LogP contribution >= 0.6 is 0 Å². The van der Waals surface area contributed by atoms with E-state index in [1.807, 2.05) is 12.1 Å². The van der Waals surface area contributed by atoms with Crippen LogP contribution in [0.15, 0.2) is 48.5 Å². The molecule has 0 atom stereocenters. The maximum atomic E-state index is 12.5. The summed E-state index contributed by atoms with van der Waals surface area (Å²) in [6, 6.07) is 16.8. The maximum absolute atomic E-state index is 12.5. The summed E-state index contributed by atoms with van der Waals surface area (Å²) >= 11 is 0. The number of hydrogen-bond donors (Lipinski definition) is 1. The monoisotopic (exact) mass is 405 g/mol. The molecule has 4 heteroatoms. The second kappa shape index (κ2) is 10.7. The van der Waals surface area contributed by atoms with Gasteiger partial charge in [-0.05, 0) is 80.7 Å². The number of rotatable bonds is 7. The molecule has 0 bridgehead atoms. The minimum absolute atomic E-state index is 0.00286. The summed E-state index contributed by atoms with van der Waals surface area (Å²) in [6.45, 7) is 7.42. The third-order valence-corrected chi connectivity index (χ3v) is 6.40. The van der Waals surface area contributed by atoms with Crippen LogP contribution in [0.25, 0.3) is 0 Å². The Morgan fingerprint density at radius 1 is 0.633 bits per heavy atom. The molecule has 0 aromatic heterocycles. The van der Waals surface area contributed by atoms with Gasteiger partial charge in [-0.1, -0.05) is 49.2 Å². The Kier molecular flexibility index (Phi) is 7.54. The smallest absolute Gasteiger partial charge is 0.251 e. The van der Waals surface area contributed by atoms with Gasteiger partial charge in [0.25, 0.3) is 5.91 Å². The molecule has 160 valence electrons. The molecule has 2 aliphatic rings. The number of likely N-dealkylation sites (tertiary alicyclic amines) is 2. The van der Waals surface area contributed by atoms with Gasteiger partial charge in [0.15, 0.2) is 0 Å². The molecular formula is C26H35N3O. The van der Waals surface area contributed by atoms with E-state index in [9.17, 15) is 4.79 Å². The molecule has 0 unspecified atom stereocenters. The van der Waals surface area contributed by atoms with Gasteiger partial charge in [-0.15, -0.1) is 0 Å². The van der Waals surface area contributed by atoms with Crippen molar-refractivity contribution >= 4 is 5.91 Å². The zero-order valence-corrected chi connectivity index (χ0v) is 18.1. The van der Waals surface area contributed by atoms with Crippen LogP contribution in [0.1, 0.15) is 65.6 Å². The van der Waals surface area contributed by atoms with Crippen LogP contribution in [-0.4, -0.2) is 41.9 Å². The van der Waals surface area contributed by atoms with Crippen molar-refractivity contribution in [1.82, 2.24) is 15.1 Å². The van der Waals surface area contributed by atoms with E-state index in [0.29, 0.717) is 6.54 Å². The molecular weight excluding hydrogens is 370 g/mol. The van der Waals surface area contributed by atoms with Crippen LogP contribution in [0, 0.1) is 0 Å². The number of carbonyl (C=O) groups excluding carboxylic acids is 1. The molecule has 4 rings (SSSR count). The molecule has 1 amide bonds. The van der Waals surface area contributed by atoms with Crippen LogP contribution in [0.4, 0.5) is 0 Å². The third-order valence-electron chi connectivity index (χ3n) is 6.40. The molecule has 0 aliphatic carbocycles. The van der Waals surface area contributed by atoms with Gasteiger partial charge in [-0.3, -0.25) is 14.6 Å². The van der Waals surface area contributed by atoms with Crippen molar-refractivity contribution in [3.8, 4) is 0 Å². The topological polar surface area (TPSA) is 35.6 Å². The number of nitrogens with one attached hydrogen (secondary N) is 1. The molecule has 2 aromatic carbocycles. The highest BCUT2D eigenvalue weighted by atomic mass is 16.1. The molecule has 0 radical (unpaired) electrons. The number of piperidine rings is 2. The van der Waals surface area contributed by atoms with Crippen LogP contribution in [-0.2, 0) is 19.6 Å². The molecule has 30 heavy (non-hydrogen) atoms. The van der Waals surface area contributed by atoms with Crippen molar-refractivity contribution in [3.05, 3.63) is 70.8 Å². The summed E-state index contributed by atoms with van der Waals surface area (Å²) in [5.41, 5.74) is 4.53. The van der Waals surface area contributed by atoms with Gasteiger partial charge in [-0.25, -0.2) is 0 Å². The lowest BCUT2D eigenvalue weighted by Gasteiger charge is -2.26. The molecule has 2 heterocycles. The first kappa shape index (κ1) is 21.1. The van der Waals surface area contributed by atoms with Crippen molar-refractivity contribution in [3.63, 3.8) is 0 Å². The summed E-state index contributed by atoms with van der Waals surface area (Å²) in [5, 5.41) is 3.06. The fourth-order valence-electron chi connectivity index (χ4n) is 4.56. The molecule has 2 fully saturated rings. The average molecular weight is 406 g/mol. The summed E-state index contributed by atoms with van der Waals surface area (Å²) < 4.78 is 0.